The van der Waals surface area contributed by atoms with Gasteiger partial charge >= 0.3 is 0 Å². The lowest BCUT2D eigenvalue weighted by Crippen LogP contribution is -2.50. The highest BCUT2D eigenvalue weighted by Crippen LogP contribution is 2.08. The zero-order valence-corrected chi connectivity index (χ0v) is 20.1. The molecule has 2 N–H and O–H groups in total. The lowest BCUT2D eigenvalue weighted by Gasteiger charge is -2.34. The maximum atomic E-state index is 5.89. The molecule has 1 aliphatic heterocycles. The molecular formula is C21H37IN4O2. The highest BCUT2D eigenvalue weighted by atomic mass is 127. The van der Waals surface area contributed by atoms with Gasteiger partial charge in [-0.15, -0.1) is 24.0 Å². The van der Waals surface area contributed by atoms with Crippen LogP contribution in [0.2, 0.25) is 0 Å². The summed E-state index contributed by atoms with van der Waals surface area (Å²) in [6, 6.07) is 8.48. The first-order valence-corrected chi connectivity index (χ1v) is 10.0. The number of hydrogen-bond donors (Lipinski definition) is 2. The quantitative estimate of drug-likeness (QED) is 0.308. The van der Waals surface area contributed by atoms with E-state index >= 15 is 0 Å². The molecule has 1 fully saturated rings. The number of morpholine rings is 1. The highest BCUT2D eigenvalue weighted by molar-refractivity contribution is 14.0. The fourth-order valence-corrected chi connectivity index (χ4v) is 3.18. The molecule has 1 atom stereocenters. The van der Waals surface area contributed by atoms with Crippen LogP contribution in [0.5, 0.6) is 0 Å². The standard InChI is InChI=1S/C21H36N4O2.HI/c1-5-26-16-19-8-6-18(7-9-19)12-23-21(22-4)24-13-20-15-25(10-11-27-20)14-17(2)3;/h6-9,17,20H,5,10-16H2,1-4H3,(H2,22,23,24);1H. The van der Waals surface area contributed by atoms with E-state index in [2.05, 4.69) is 58.6 Å². The van der Waals surface area contributed by atoms with Crippen molar-refractivity contribution in [3.8, 4) is 0 Å². The lowest BCUT2D eigenvalue weighted by molar-refractivity contribution is -0.0284. The summed E-state index contributed by atoms with van der Waals surface area (Å²) in [6.07, 6.45) is 0.203. The van der Waals surface area contributed by atoms with E-state index in [0.717, 1.165) is 51.9 Å². The first kappa shape index (κ1) is 25.1. The minimum atomic E-state index is 0. The molecule has 0 amide bonds. The molecule has 1 aromatic carbocycles. The van der Waals surface area contributed by atoms with Crippen molar-refractivity contribution in [1.82, 2.24) is 15.5 Å². The van der Waals surface area contributed by atoms with Crippen molar-refractivity contribution in [2.75, 3.05) is 46.4 Å². The van der Waals surface area contributed by atoms with Crippen molar-refractivity contribution in [3.63, 3.8) is 0 Å². The Hall–Kier alpha value is -0.900. The zero-order valence-electron chi connectivity index (χ0n) is 17.7. The molecule has 2 rings (SSSR count). The molecule has 160 valence electrons. The Labute approximate surface area is 187 Å². The van der Waals surface area contributed by atoms with Gasteiger partial charge in [0, 0.05) is 46.4 Å². The Kier molecular flexibility index (Phi) is 12.7. The first-order chi connectivity index (χ1) is 13.1. The van der Waals surface area contributed by atoms with Gasteiger partial charge in [0.2, 0.25) is 0 Å². The van der Waals surface area contributed by atoms with Gasteiger partial charge < -0.3 is 20.1 Å². The fourth-order valence-electron chi connectivity index (χ4n) is 3.18. The molecule has 0 radical (unpaired) electrons. The van der Waals surface area contributed by atoms with Crippen LogP contribution in [0.1, 0.15) is 31.9 Å². The van der Waals surface area contributed by atoms with Gasteiger partial charge in [0.05, 0.1) is 19.3 Å². The van der Waals surface area contributed by atoms with Crippen LogP contribution >= 0.6 is 24.0 Å². The third-order valence-electron chi connectivity index (χ3n) is 4.52. The summed E-state index contributed by atoms with van der Waals surface area (Å²) in [5.74, 6) is 1.49. The smallest absolute Gasteiger partial charge is 0.191 e. The van der Waals surface area contributed by atoms with Gasteiger partial charge in [0.25, 0.3) is 0 Å². The van der Waals surface area contributed by atoms with E-state index in [0.29, 0.717) is 12.5 Å². The number of guanidine groups is 1. The van der Waals surface area contributed by atoms with Gasteiger partial charge in [0.1, 0.15) is 0 Å². The molecule has 0 spiro atoms. The summed E-state index contributed by atoms with van der Waals surface area (Å²) >= 11 is 0. The van der Waals surface area contributed by atoms with Crippen molar-refractivity contribution in [1.29, 1.82) is 0 Å². The summed E-state index contributed by atoms with van der Waals surface area (Å²) in [6.45, 7) is 13.4. The molecule has 1 unspecified atom stereocenters. The minimum Gasteiger partial charge on any atom is -0.377 e. The van der Waals surface area contributed by atoms with Crippen LogP contribution < -0.4 is 10.6 Å². The Balaban J connectivity index is 0.00000392. The van der Waals surface area contributed by atoms with E-state index in [1.54, 1.807) is 7.05 Å². The Bertz CT molecular complexity index is 566. The summed E-state index contributed by atoms with van der Waals surface area (Å²) in [4.78, 5) is 6.80. The molecule has 28 heavy (non-hydrogen) atoms. The molecule has 7 heteroatoms. The third-order valence-corrected chi connectivity index (χ3v) is 4.52. The fraction of sp³-hybridized carbons (Fsp3) is 0.667. The monoisotopic (exact) mass is 504 g/mol. The largest absolute Gasteiger partial charge is 0.377 e. The number of hydrogen-bond acceptors (Lipinski definition) is 4. The maximum Gasteiger partial charge on any atom is 0.191 e. The van der Waals surface area contributed by atoms with E-state index in [1.165, 1.54) is 11.1 Å². The van der Waals surface area contributed by atoms with Gasteiger partial charge in [-0.1, -0.05) is 38.1 Å². The van der Waals surface area contributed by atoms with Gasteiger partial charge in [-0.2, -0.15) is 0 Å². The van der Waals surface area contributed by atoms with E-state index in [4.69, 9.17) is 9.47 Å². The number of rotatable bonds is 9. The number of nitrogens with one attached hydrogen (secondary N) is 2. The van der Waals surface area contributed by atoms with Crippen molar-refractivity contribution in [2.24, 2.45) is 10.9 Å². The summed E-state index contributed by atoms with van der Waals surface area (Å²) in [5.41, 5.74) is 2.42. The van der Waals surface area contributed by atoms with Crippen molar-refractivity contribution in [2.45, 2.75) is 40.0 Å². The molecule has 6 nitrogen and oxygen atoms in total. The van der Waals surface area contributed by atoms with Gasteiger partial charge in [-0.25, -0.2) is 0 Å². The zero-order chi connectivity index (χ0) is 19.5. The second kappa shape index (κ2) is 14.1. The summed E-state index contributed by atoms with van der Waals surface area (Å²) in [7, 11) is 1.80. The lowest BCUT2D eigenvalue weighted by atomic mass is 10.1. The molecule has 0 saturated carbocycles. The Morgan fingerprint density at radius 2 is 1.96 bits per heavy atom. The Morgan fingerprint density at radius 1 is 1.25 bits per heavy atom. The molecular weight excluding hydrogens is 467 g/mol. The molecule has 0 aromatic heterocycles. The molecule has 0 bridgehead atoms. The van der Waals surface area contributed by atoms with Crippen LogP contribution in [0, 0.1) is 5.92 Å². The minimum absolute atomic E-state index is 0. The predicted octanol–water partition coefficient (Wildman–Crippen LogP) is 2.86. The van der Waals surface area contributed by atoms with Gasteiger partial charge in [-0.3, -0.25) is 9.89 Å². The molecule has 1 saturated heterocycles. The van der Waals surface area contributed by atoms with Gasteiger partial charge in [-0.05, 0) is 24.0 Å². The van der Waals surface area contributed by atoms with Gasteiger partial charge in [0.15, 0.2) is 5.96 Å². The van der Waals surface area contributed by atoms with Crippen LogP contribution in [0.3, 0.4) is 0 Å². The average molecular weight is 504 g/mol. The molecule has 1 aromatic rings. The van der Waals surface area contributed by atoms with Crippen LogP contribution in [-0.4, -0.2) is 63.4 Å². The number of benzene rings is 1. The number of ether oxygens (including phenoxy) is 2. The number of nitrogens with zero attached hydrogens (tertiary/aromatic N) is 2. The number of aliphatic imine (C=N–C) groups is 1. The average Bonchev–Trinajstić information content (AvgIpc) is 2.67. The molecule has 0 aliphatic carbocycles. The third kappa shape index (κ3) is 9.54. The second-order valence-electron chi connectivity index (χ2n) is 7.41. The van der Waals surface area contributed by atoms with Crippen LogP contribution in [0.25, 0.3) is 0 Å². The molecule has 1 heterocycles. The normalized spacial score (nSPS) is 18.0. The van der Waals surface area contributed by atoms with E-state index in [-0.39, 0.29) is 30.1 Å². The summed E-state index contributed by atoms with van der Waals surface area (Å²) < 4.78 is 11.3. The predicted molar refractivity (Wildman–Crippen MR) is 126 cm³/mol. The van der Waals surface area contributed by atoms with Crippen LogP contribution in [-0.2, 0) is 22.6 Å². The number of halogens is 1. The molecule has 1 aliphatic rings. The Morgan fingerprint density at radius 3 is 2.61 bits per heavy atom. The van der Waals surface area contributed by atoms with E-state index < -0.39 is 0 Å². The van der Waals surface area contributed by atoms with Crippen LogP contribution in [0.4, 0.5) is 0 Å². The van der Waals surface area contributed by atoms with Crippen LogP contribution in [0.15, 0.2) is 29.3 Å². The topological polar surface area (TPSA) is 58.1 Å². The van der Waals surface area contributed by atoms with Crippen molar-refractivity contribution >= 4 is 29.9 Å². The maximum absolute atomic E-state index is 5.89. The first-order valence-electron chi connectivity index (χ1n) is 10.0. The van der Waals surface area contributed by atoms with E-state index in [1.807, 2.05) is 6.92 Å². The second-order valence-corrected chi connectivity index (χ2v) is 7.41. The van der Waals surface area contributed by atoms with Crippen molar-refractivity contribution in [3.05, 3.63) is 35.4 Å². The highest BCUT2D eigenvalue weighted by Gasteiger charge is 2.21. The summed E-state index contributed by atoms with van der Waals surface area (Å²) in [5, 5.41) is 6.76. The van der Waals surface area contributed by atoms with Crippen molar-refractivity contribution < 1.29 is 9.47 Å². The van der Waals surface area contributed by atoms with E-state index in [9.17, 15) is 0 Å². The SMILES string of the molecule is CCOCc1ccc(CNC(=NC)NCC2CN(CC(C)C)CCO2)cc1.I.